The van der Waals surface area contributed by atoms with Gasteiger partial charge in [-0.2, -0.15) is 13.2 Å². The van der Waals surface area contributed by atoms with E-state index in [1.807, 2.05) is 0 Å². The summed E-state index contributed by atoms with van der Waals surface area (Å²) in [6.45, 7) is 5.96. The van der Waals surface area contributed by atoms with Crippen molar-refractivity contribution in [3.05, 3.63) is 0 Å². The zero-order valence-corrected chi connectivity index (χ0v) is 14.2. The summed E-state index contributed by atoms with van der Waals surface area (Å²) < 4.78 is 40.3. The third-order valence-electron chi connectivity index (χ3n) is 3.85. The fourth-order valence-electron chi connectivity index (χ4n) is 2.52. The van der Waals surface area contributed by atoms with Gasteiger partial charge in [0.25, 0.3) is 0 Å². The Labute approximate surface area is 136 Å². The predicted molar refractivity (Wildman–Crippen MR) is 85.7 cm³/mol. The van der Waals surface area contributed by atoms with Crippen LogP contribution in [-0.2, 0) is 4.74 Å². The number of rotatable bonds is 7. The predicted octanol–water partition coefficient (Wildman–Crippen LogP) is 1.99. The number of aliphatic imine (C=N–C) groups is 1. The van der Waals surface area contributed by atoms with Gasteiger partial charge in [0, 0.05) is 45.4 Å². The van der Waals surface area contributed by atoms with Crippen molar-refractivity contribution in [2.24, 2.45) is 4.99 Å². The second-order valence-corrected chi connectivity index (χ2v) is 6.07. The van der Waals surface area contributed by atoms with E-state index in [2.05, 4.69) is 39.1 Å². The topological polar surface area (TPSA) is 48.9 Å². The highest BCUT2D eigenvalue weighted by molar-refractivity contribution is 5.79. The molecule has 0 saturated carbocycles. The van der Waals surface area contributed by atoms with Gasteiger partial charge in [-0.25, -0.2) is 0 Å². The van der Waals surface area contributed by atoms with Crippen molar-refractivity contribution in [1.29, 1.82) is 0 Å². The summed E-state index contributed by atoms with van der Waals surface area (Å²) in [6.07, 6.45) is -1.63. The molecule has 1 aliphatic heterocycles. The smallest absolute Gasteiger partial charge is 0.372 e. The normalized spacial score (nSPS) is 18.5. The monoisotopic (exact) mass is 338 g/mol. The van der Waals surface area contributed by atoms with Gasteiger partial charge in [0.1, 0.15) is 6.61 Å². The van der Waals surface area contributed by atoms with Crippen LogP contribution in [0.5, 0.6) is 0 Å². The molecule has 0 aromatic rings. The van der Waals surface area contributed by atoms with Gasteiger partial charge < -0.3 is 20.3 Å². The van der Waals surface area contributed by atoms with Gasteiger partial charge in [-0.3, -0.25) is 4.99 Å². The molecule has 1 heterocycles. The van der Waals surface area contributed by atoms with Crippen LogP contribution >= 0.6 is 0 Å². The molecule has 1 fully saturated rings. The Hall–Kier alpha value is -1.02. The number of nitrogens with zero attached hydrogens (tertiary/aromatic N) is 2. The van der Waals surface area contributed by atoms with Crippen LogP contribution in [0.1, 0.15) is 33.1 Å². The fourth-order valence-corrected chi connectivity index (χ4v) is 2.52. The van der Waals surface area contributed by atoms with E-state index >= 15 is 0 Å². The molecule has 0 aliphatic carbocycles. The first-order chi connectivity index (χ1) is 10.8. The molecule has 0 atom stereocenters. The van der Waals surface area contributed by atoms with E-state index < -0.39 is 12.8 Å². The van der Waals surface area contributed by atoms with Crippen LogP contribution in [0, 0.1) is 0 Å². The van der Waals surface area contributed by atoms with Crippen LogP contribution in [0.2, 0.25) is 0 Å². The highest BCUT2D eigenvalue weighted by Gasteiger charge is 2.27. The molecule has 1 saturated heterocycles. The SMILES string of the molecule is CN=C(NCCCOCC(F)(F)F)NC1CCN(C(C)C)CC1. The molecule has 0 spiro atoms. The number of halogens is 3. The maximum absolute atomic E-state index is 11.9. The number of ether oxygens (including phenoxy) is 1. The Morgan fingerprint density at radius 1 is 1.30 bits per heavy atom. The summed E-state index contributed by atoms with van der Waals surface area (Å²) in [5.74, 6) is 0.698. The largest absolute Gasteiger partial charge is 0.411 e. The molecule has 0 unspecified atom stereocenters. The van der Waals surface area contributed by atoms with Crippen molar-refractivity contribution in [3.8, 4) is 0 Å². The van der Waals surface area contributed by atoms with Crippen molar-refractivity contribution in [2.45, 2.75) is 51.4 Å². The van der Waals surface area contributed by atoms with Crippen molar-refractivity contribution >= 4 is 5.96 Å². The molecule has 0 bridgehead atoms. The van der Waals surface area contributed by atoms with E-state index in [9.17, 15) is 13.2 Å². The van der Waals surface area contributed by atoms with Gasteiger partial charge in [-0.15, -0.1) is 0 Å². The van der Waals surface area contributed by atoms with Crippen LogP contribution in [-0.4, -0.2) is 69.0 Å². The average molecular weight is 338 g/mol. The lowest BCUT2D eigenvalue weighted by atomic mass is 10.0. The minimum Gasteiger partial charge on any atom is -0.372 e. The van der Waals surface area contributed by atoms with E-state index in [4.69, 9.17) is 0 Å². The first-order valence-corrected chi connectivity index (χ1v) is 8.17. The summed E-state index contributed by atoms with van der Waals surface area (Å²) in [4.78, 5) is 6.60. The molecule has 8 heteroatoms. The minimum absolute atomic E-state index is 0.0796. The molecule has 23 heavy (non-hydrogen) atoms. The van der Waals surface area contributed by atoms with Crippen molar-refractivity contribution in [1.82, 2.24) is 15.5 Å². The Morgan fingerprint density at radius 3 is 2.48 bits per heavy atom. The summed E-state index contributed by atoms with van der Waals surface area (Å²) in [6, 6.07) is 0.961. The van der Waals surface area contributed by atoms with Crippen LogP contribution in [0.25, 0.3) is 0 Å². The van der Waals surface area contributed by atoms with E-state index in [0.717, 1.165) is 25.9 Å². The first kappa shape index (κ1) is 20.0. The Kier molecular flexibility index (Phi) is 8.68. The molecule has 1 rings (SSSR count). The number of alkyl halides is 3. The van der Waals surface area contributed by atoms with E-state index in [0.29, 0.717) is 31.0 Å². The zero-order chi connectivity index (χ0) is 17.3. The first-order valence-electron chi connectivity index (χ1n) is 8.17. The van der Waals surface area contributed by atoms with Crippen LogP contribution < -0.4 is 10.6 Å². The van der Waals surface area contributed by atoms with E-state index in [-0.39, 0.29) is 6.61 Å². The Bertz CT molecular complexity index is 353. The van der Waals surface area contributed by atoms with E-state index in [1.165, 1.54) is 0 Å². The lowest BCUT2D eigenvalue weighted by Crippen LogP contribution is -2.50. The lowest BCUT2D eigenvalue weighted by Gasteiger charge is -2.35. The quantitative estimate of drug-likeness (QED) is 0.423. The Morgan fingerprint density at radius 2 is 1.96 bits per heavy atom. The van der Waals surface area contributed by atoms with Crippen LogP contribution in [0.15, 0.2) is 4.99 Å². The molecule has 1 aliphatic rings. The Balaban J connectivity index is 2.13. The maximum atomic E-state index is 11.9. The minimum atomic E-state index is -4.25. The number of piperidine rings is 1. The highest BCUT2D eigenvalue weighted by Crippen LogP contribution is 2.14. The van der Waals surface area contributed by atoms with Gasteiger partial charge in [-0.1, -0.05) is 0 Å². The standard InChI is InChI=1S/C15H29F3N4O/c1-12(2)22-8-5-13(6-9-22)21-14(19-3)20-7-4-10-23-11-15(16,17)18/h12-13H,4-11H2,1-3H3,(H2,19,20,21). The average Bonchev–Trinajstić information content (AvgIpc) is 2.48. The number of hydrogen-bond acceptors (Lipinski definition) is 3. The molecule has 5 nitrogen and oxygen atoms in total. The summed E-state index contributed by atoms with van der Waals surface area (Å²) >= 11 is 0. The molecule has 0 aromatic heterocycles. The number of hydrogen-bond donors (Lipinski definition) is 2. The van der Waals surface area contributed by atoms with Gasteiger partial charge in [-0.05, 0) is 33.1 Å². The summed E-state index contributed by atoms with van der Waals surface area (Å²) in [7, 11) is 1.69. The summed E-state index contributed by atoms with van der Waals surface area (Å²) in [5, 5.41) is 6.48. The second kappa shape index (κ2) is 9.97. The van der Waals surface area contributed by atoms with E-state index in [1.54, 1.807) is 7.05 Å². The number of nitrogens with one attached hydrogen (secondary N) is 2. The van der Waals surface area contributed by atoms with Crippen LogP contribution in [0.3, 0.4) is 0 Å². The number of likely N-dealkylation sites (tertiary alicyclic amines) is 1. The maximum Gasteiger partial charge on any atom is 0.411 e. The number of guanidine groups is 1. The van der Waals surface area contributed by atoms with Crippen LogP contribution in [0.4, 0.5) is 13.2 Å². The molecule has 0 aromatic carbocycles. The molecular formula is C15H29F3N4O. The van der Waals surface area contributed by atoms with Crippen molar-refractivity contribution < 1.29 is 17.9 Å². The van der Waals surface area contributed by atoms with Gasteiger partial charge in [0.2, 0.25) is 0 Å². The lowest BCUT2D eigenvalue weighted by molar-refractivity contribution is -0.173. The molecule has 0 amide bonds. The van der Waals surface area contributed by atoms with Gasteiger partial charge >= 0.3 is 6.18 Å². The van der Waals surface area contributed by atoms with Crippen molar-refractivity contribution in [2.75, 3.05) is 39.9 Å². The van der Waals surface area contributed by atoms with Gasteiger partial charge in [0.15, 0.2) is 5.96 Å². The highest BCUT2D eigenvalue weighted by atomic mass is 19.4. The molecular weight excluding hydrogens is 309 g/mol. The summed E-state index contributed by atoms with van der Waals surface area (Å²) in [5.41, 5.74) is 0. The third-order valence-corrected chi connectivity index (χ3v) is 3.85. The zero-order valence-electron chi connectivity index (χ0n) is 14.2. The molecule has 0 radical (unpaired) electrons. The molecule has 2 N–H and O–H groups in total. The fraction of sp³-hybridized carbons (Fsp3) is 0.933. The molecule has 136 valence electrons. The third kappa shape index (κ3) is 9.00. The van der Waals surface area contributed by atoms with Crippen molar-refractivity contribution in [3.63, 3.8) is 0 Å². The van der Waals surface area contributed by atoms with Gasteiger partial charge in [0.05, 0.1) is 0 Å². The second-order valence-electron chi connectivity index (χ2n) is 6.07.